The van der Waals surface area contributed by atoms with Crippen LogP contribution >= 0.6 is 0 Å². The molecular weight excluding hydrogens is 190 g/mol. The Morgan fingerprint density at radius 2 is 2.13 bits per heavy atom. The Morgan fingerprint density at radius 1 is 1.40 bits per heavy atom. The lowest BCUT2D eigenvalue weighted by Crippen LogP contribution is -2.13. The highest BCUT2D eigenvalue weighted by Gasteiger charge is 2.18. The van der Waals surface area contributed by atoms with E-state index < -0.39 is 0 Å². The first-order valence-corrected chi connectivity index (χ1v) is 5.53. The molecule has 0 unspecified atom stereocenters. The summed E-state index contributed by atoms with van der Waals surface area (Å²) in [4.78, 5) is 4.26. The van der Waals surface area contributed by atoms with Gasteiger partial charge in [-0.3, -0.25) is 4.98 Å². The molecule has 1 aliphatic carbocycles. The number of aliphatic hydroxyl groups excluding tert-OH is 1. The molecule has 0 saturated heterocycles. The molecule has 0 atom stereocenters. The fourth-order valence-corrected chi connectivity index (χ4v) is 2.00. The summed E-state index contributed by atoms with van der Waals surface area (Å²) in [7, 11) is 0. The lowest BCUT2D eigenvalue weighted by atomic mass is 10.2. The molecule has 0 aliphatic heterocycles. The van der Waals surface area contributed by atoms with Crippen LogP contribution < -0.4 is 4.74 Å². The van der Waals surface area contributed by atoms with Crippen LogP contribution in [0.5, 0.6) is 5.75 Å². The summed E-state index contributed by atoms with van der Waals surface area (Å²) in [5.41, 5.74) is 1.57. The van der Waals surface area contributed by atoms with Gasteiger partial charge in [0.1, 0.15) is 11.4 Å². The second kappa shape index (κ2) is 4.62. The van der Waals surface area contributed by atoms with Crippen molar-refractivity contribution in [2.45, 2.75) is 45.3 Å². The fraction of sp³-hybridized carbons (Fsp3) is 0.583. The maximum absolute atomic E-state index is 9.17. The molecule has 82 valence electrons. The molecule has 1 aromatic rings. The summed E-state index contributed by atoms with van der Waals surface area (Å²) >= 11 is 0. The molecule has 1 saturated carbocycles. The third-order valence-corrected chi connectivity index (χ3v) is 2.82. The van der Waals surface area contributed by atoms with Crippen molar-refractivity contribution in [1.29, 1.82) is 0 Å². The van der Waals surface area contributed by atoms with E-state index in [9.17, 15) is 5.11 Å². The van der Waals surface area contributed by atoms with E-state index >= 15 is 0 Å². The van der Waals surface area contributed by atoms with Crippen LogP contribution in [0, 0.1) is 6.92 Å². The van der Waals surface area contributed by atoms with E-state index in [1.165, 1.54) is 12.8 Å². The zero-order valence-electron chi connectivity index (χ0n) is 9.07. The van der Waals surface area contributed by atoms with E-state index in [1.807, 2.05) is 19.1 Å². The van der Waals surface area contributed by atoms with Crippen LogP contribution in [-0.4, -0.2) is 16.2 Å². The third kappa shape index (κ3) is 2.48. The minimum Gasteiger partial charge on any atom is -0.488 e. The summed E-state index contributed by atoms with van der Waals surface area (Å²) in [6, 6.07) is 3.83. The number of hydrogen-bond donors (Lipinski definition) is 1. The van der Waals surface area contributed by atoms with Crippen LogP contribution in [0.2, 0.25) is 0 Å². The molecular formula is C12H17NO2. The fourth-order valence-electron chi connectivity index (χ4n) is 2.00. The van der Waals surface area contributed by atoms with E-state index in [0.717, 1.165) is 24.3 Å². The van der Waals surface area contributed by atoms with E-state index in [2.05, 4.69) is 4.98 Å². The molecule has 0 amide bonds. The monoisotopic (exact) mass is 207 g/mol. The van der Waals surface area contributed by atoms with Crippen molar-refractivity contribution in [3.8, 4) is 5.75 Å². The van der Waals surface area contributed by atoms with Gasteiger partial charge in [-0.15, -0.1) is 0 Å². The molecule has 15 heavy (non-hydrogen) atoms. The number of aryl methyl sites for hydroxylation is 1. The Morgan fingerprint density at radius 3 is 2.80 bits per heavy atom. The molecule has 1 fully saturated rings. The molecule has 3 heteroatoms. The maximum Gasteiger partial charge on any atom is 0.143 e. The summed E-state index contributed by atoms with van der Waals surface area (Å²) in [5, 5.41) is 9.17. The van der Waals surface area contributed by atoms with Gasteiger partial charge in [-0.05, 0) is 44.7 Å². The lowest BCUT2D eigenvalue weighted by Gasteiger charge is -2.15. The van der Waals surface area contributed by atoms with E-state index in [1.54, 1.807) is 0 Å². The number of nitrogens with zero attached hydrogens (tertiary/aromatic N) is 1. The zero-order chi connectivity index (χ0) is 10.7. The van der Waals surface area contributed by atoms with Crippen LogP contribution in [0.1, 0.15) is 37.1 Å². The van der Waals surface area contributed by atoms with Crippen molar-refractivity contribution in [2.75, 3.05) is 0 Å². The number of pyridine rings is 1. The first kappa shape index (κ1) is 10.4. The number of aliphatic hydroxyl groups is 1. The van der Waals surface area contributed by atoms with Gasteiger partial charge >= 0.3 is 0 Å². The molecule has 0 spiro atoms. The third-order valence-electron chi connectivity index (χ3n) is 2.82. The van der Waals surface area contributed by atoms with Gasteiger partial charge in [-0.25, -0.2) is 0 Å². The van der Waals surface area contributed by atoms with Crippen LogP contribution in [-0.2, 0) is 6.61 Å². The van der Waals surface area contributed by atoms with Crippen molar-refractivity contribution >= 4 is 0 Å². The van der Waals surface area contributed by atoms with Gasteiger partial charge in [0.15, 0.2) is 0 Å². The first-order chi connectivity index (χ1) is 7.29. The van der Waals surface area contributed by atoms with E-state index in [-0.39, 0.29) is 6.61 Å². The second-order valence-corrected chi connectivity index (χ2v) is 4.08. The Balaban J connectivity index is 2.12. The van der Waals surface area contributed by atoms with Crippen LogP contribution in [0.15, 0.2) is 12.1 Å². The second-order valence-electron chi connectivity index (χ2n) is 4.08. The van der Waals surface area contributed by atoms with Crippen molar-refractivity contribution in [2.24, 2.45) is 0 Å². The number of hydrogen-bond acceptors (Lipinski definition) is 3. The summed E-state index contributed by atoms with van der Waals surface area (Å²) in [6.45, 7) is 1.86. The summed E-state index contributed by atoms with van der Waals surface area (Å²) in [5.74, 6) is 0.745. The summed E-state index contributed by atoms with van der Waals surface area (Å²) < 4.78 is 5.83. The number of rotatable bonds is 3. The summed E-state index contributed by atoms with van der Waals surface area (Å²) in [6.07, 6.45) is 5.06. The normalized spacial score (nSPS) is 16.9. The largest absolute Gasteiger partial charge is 0.488 e. The van der Waals surface area contributed by atoms with Gasteiger partial charge in [-0.1, -0.05) is 0 Å². The van der Waals surface area contributed by atoms with Gasteiger partial charge in [0.2, 0.25) is 0 Å². The molecule has 1 heterocycles. The van der Waals surface area contributed by atoms with Gasteiger partial charge in [-0.2, -0.15) is 0 Å². The molecule has 1 N–H and O–H groups in total. The quantitative estimate of drug-likeness (QED) is 0.826. The van der Waals surface area contributed by atoms with Crippen LogP contribution in [0.3, 0.4) is 0 Å². The minimum atomic E-state index is -0.0519. The van der Waals surface area contributed by atoms with E-state index in [0.29, 0.717) is 11.8 Å². The zero-order valence-corrected chi connectivity index (χ0v) is 9.07. The molecule has 0 aromatic carbocycles. The number of aromatic nitrogens is 1. The minimum absolute atomic E-state index is 0.0519. The first-order valence-electron chi connectivity index (χ1n) is 5.53. The lowest BCUT2D eigenvalue weighted by molar-refractivity contribution is 0.197. The predicted octanol–water partition coefficient (Wildman–Crippen LogP) is 2.20. The van der Waals surface area contributed by atoms with Crippen molar-refractivity contribution in [3.63, 3.8) is 0 Å². The molecule has 1 aromatic heterocycles. The van der Waals surface area contributed by atoms with Gasteiger partial charge in [0.25, 0.3) is 0 Å². The molecule has 0 radical (unpaired) electrons. The molecule has 3 nitrogen and oxygen atoms in total. The van der Waals surface area contributed by atoms with Gasteiger partial charge < -0.3 is 9.84 Å². The predicted molar refractivity (Wildman–Crippen MR) is 57.8 cm³/mol. The van der Waals surface area contributed by atoms with Crippen LogP contribution in [0.4, 0.5) is 0 Å². The van der Waals surface area contributed by atoms with Crippen LogP contribution in [0.25, 0.3) is 0 Å². The van der Waals surface area contributed by atoms with Gasteiger partial charge in [0, 0.05) is 5.69 Å². The average Bonchev–Trinajstić information content (AvgIpc) is 2.73. The highest BCUT2D eigenvalue weighted by atomic mass is 16.5. The van der Waals surface area contributed by atoms with Crippen molar-refractivity contribution in [3.05, 3.63) is 23.5 Å². The van der Waals surface area contributed by atoms with Gasteiger partial charge in [0.05, 0.1) is 12.7 Å². The molecule has 0 bridgehead atoms. The Bertz CT molecular complexity index is 332. The molecule has 1 aliphatic rings. The SMILES string of the molecule is Cc1ccc(OC2CCCC2)c(CO)n1. The van der Waals surface area contributed by atoms with E-state index in [4.69, 9.17) is 4.74 Å². The van der Waals surface area contributed by atoms with Crippen molar-refractivity contribution < 1.29 is 9.84 Å². The average molecular weight is 207 g/mol. The maximum atomic E-state index is 9.17. The standard InChI is InChI=1S/C12H17NO2/c1-9-6-7-12(11(8-14)13-9)15-10-4-2-3-5-10/h6-7,10,14H,2-5,8H2,1H3. The Kier molecular flexibility index (Phi) is 3.21. The Hall–Kier alpha value is -1.09. The topological polar surface area (TPSA) is 42.4 Å². The molecule has 2 rings (SSSR count). The van der Waals surface area contributed by atoms with Crippen molar-refractivity contribution in [1.82, 2.24) is 4.98 Å². The Labute approximate surface area is 90.1 Å². The smallest absolute Gasteiger partial charge is 0.143 e. The highest BCUT2D eigenvalue weighted by Crippen LogP contribution is 2.26. The number of ether oxygens (including phenoxy) is 1. The highest BCUT2D eigenvalue weighted by molar-refractivity contribution is 5.29.